The first-order valence-corrected chi connectivity index (χ1v) is 6.28. The first kappa shape index (κ1) is 11.0. The van der Waals surface area contributed by atoms with E-state index >= 15 is 0 Å². The molecule has 1 fully saturated rings. The Morgan fingerprint density at radius 1 is 1.40 bits per heavy atom. The number of aliphatic imine (C=N–C) groups is 1. The molecule has 0 amide bonds. The second-order valence-corrected chi connectivity index (χ2v) is 5.69. The highest BCUT2D eigenvalue weighted by Crippen LogP contribution is 2.41. The van der Waals surface area contributed by atoms with Gasteiger partial charge in [0.2, 0.25) is 0 Å². The van der Waals surface area contributed by atoms with E-state index in [-0.39, 0.29) is 5.54 Å². The van der Waals surface area contributed by atoms with Gasteiger partial charge in [-0.15, -0.1) is 0 Å². The Labute approximate surface area is 93.1 Å². The molecule has 0 radical (unpaired) electrons. The molecular weight excluding hydrogens is 186 g/mol. The third kappa shape index (κ3) is 2.04. The van der Waals surface area contributed by atoms with E-state index in [1.807, 2.05) is 0 Å². The lowest BCUT2D eigenvalue weighted by atomic mass is 9.71. The van der Waals surface area contributed by atoms with Gasteiger partial charge in [-0.05, 0) is 32.6 Å². The number of ether oxygens (including phenoxy) is 1. The minimum atomic E-state index is 0.0917. The van der Waals surface area contributed by atoms with Gasteiger partial charge in [-0.1, -0.05) is 20.3 Å². The monoisotopic (exact) mass is 209 g/mol. The lowest BCUT2D eigenvalue weighted by Gasteiger charge is -2.45. The minimum absolute atomic E-state index is 0.0917. The number of rotatable bonds is 1. The molecule has 86 valence electrons. The fourth-order valence-corrected chi connectivity index (χ4v) is 3.03. The third-order valence-corrected chi connectivity index (χ3v) is 3.96. The molecule has 0 aromatic heterocycles. The van der Waals surface area contributed by atoms with Crippen LogP contribution in [0.15, 0.2) is 4.99 Å². The van der Waals surface area contributed by atoms with Crippen LogP contribution in [0.4, 0.5) is 0 Å². The SMILES string of the molecule is CCC1=NC(C)(C)[C@@H]2CC[C@@H](C)C[C@H]2O1. The van der Waals surface area contributed by atoms with E-state index in [0.29, 0.717) is 12.0 Å². The van der Waals surface area contributed by atoms with E-state index in [1.54, 1.807) is 0 Å². The summed E-state index contributed by atoms with van der Waals surface area (Å²) in [6.07, 6.45) is 5.19. The van der Waals surface area contributed by atoms with Gasteiger partial charge in [0.1, 0.15) is 6.10 Å². The maximum atomic E-state index is 6.00. The molecule has 2 aliphatic rings. The molecule has 0 saturated heterocycles. The summed E-state index contributed by atoms with van der Waals surface area (Å²) >= 11 is 0. The second kappa shape index (κ2) is 3.80. The van der Waals surface area contributed by atoms with Crippen LogP contribution in [0.2, 0.25) is 0 Å². The predicted octanol–water partition coefficient (Wildman–Crippen LogP) is 3.41. The topological polar surface area (TPSA) is 21.6 Å². The van der Waals surface area contributed by atoms with Crippen molar-refractivity contribution in [1.82, 2.24) is 0 Å². The molecule has 0 aromatic rings. The molecule has 0 unspecified atom stereocenters. The molecule has 2 heteroatoms. The summed E-state index contributed by atoms with van der Waals surface area (Å²) in [5.41, 5.74) is 0.0917. The lowest BCUT2D eigenvalue weighted by Crippen LogP contribution is -2.48. The normalized spacial score (nSPS) is 38.9. The van der Waals surface area contributed by atoms with Crippen LogP contribution in [0.25, 0.3) is 0 Å². The summed E-state index contributed by atoms with van der Waals surface area (Å²) in [4.78, 5) is 4.74. The Hall–Kier alpha value is -0.530. The molecule has 1 aliphatic heterocycles. The summed E-state index contributed by atoms with van der Waals surface area (Å²) in [5, 5.41) is 0. The van der Waals surface area contributed by atoms with Gasteiger partial charge >= 0.3 is 0 Å². The van der Waals surface area contributed by atoms with Gasteiger partial charge in [0.25, 0.3) is 0 Å². The zero-order valence-electron chi connectivity index (χ0n) is 10.4. The summed E-state index contributed by atoms with van der Waals surface area (Å²) in [6, 6.07) is 0. The van der Waals surface area contributed by atoms with Crippen molar-refractivity contribution < 1.29 is 4.74 Å². The highest BCUT2D eigenvalue weighted by molar-refractivity contribution is 5.77. The van der Waals surface area contributed by atoms with Gasteiger partial charge in [0.15, 0.2) is 5.90 Å². The Morgan fingerprint density at radius 3 is 2.80 bits per heavy atom. The summed E-state index contributed by atoms with van der Waals surface area (Å²) in [6.45, 7) is 8.99. The van der Waals surface area contributed by atoms with E-state index in [1.165, 1.54) is 19.3 Å². The Morgan fingerprint density at radius 2 is 2.13 bits per heavy atom. The number of nitrogens with zero attached hydrogens (tertiary/aromatic N) is 1. The van der Waals surface area contributed by atoms with Gasteiger partial charge < -0.3 is 4.74 Å². The van der Waals surface area contributed by atoms with E-state index in [9.17, 15) is 0 Å². The molecule has 0 bridgehead atoms. The van der Waals surface area contributed by atoms with Crippen LogP contribution < -0.4 is 0 Å². The van der Waals surface area contributed by atoms with Crippen molar-refractivity contribution in [2.24, 2.45) is 16.8 Å². The standard InChI is InChI=1S/C13H23NO/c1-5-12-14-13(3,4)10-7-6-9(2)8-11(10)15-12/h9-11H,5-8H2,1-4H3/t9-,10-,11-/m1/s1. The van der Waals surface area contributed by atoms with E-state index < -0.39 is 0 Å². The molecule has 1 saturated carbocycles. The second-order valence-electron chi connectivity index (χ2n) is 5.69. The van der Waals surface area contributed by atoms with E-state index in [2.05, 4.69) is 27.7 Å². The van der Waals surface area contributed by atoms with Crippen LogP contribution in [-0.2, 0) is 4.74 Å². The van der Waals surface area contributed by atoms with Crippen molar-refractivity contribution >= 4 is 5.90 Å². The maximum Gasteiger partial charge on any atom is 0.183 e. The zero-order chi connectivity index (χ0) is 11.1. The molecule has 2 rings (SSSR count). The quantitative estimate of drug-likeness (QED) is 0.648. The van der Waals surface area contributed by atoms with Crippen LogP contribution in [0.3, 0.4) is 0 Å². The van der Waals surface area contributed by atoms with Crippen LogP contribution >= 0.6 is 0 Å². The smallest absolute Gasteiger partial charge is 0.183 e. The van der Waals surface area contributed by atoms with E-state index in [0.717, 1.165) is 18.2 Å². The summed E-state index contributed by atoms with van der Waals surface area (Å²) in [5.74, 6) is 2.41. The highest BCUT2D eigenvalue weighted by Gasteiger charge is 2.43. The van der Waals surface area contributed by atoms with Crippen molar-refractivity contribution in [3.63, 3.8) is 0 Å². The maximum absolute atomic E-state index is 6.00. The first-order chi connectivity index (χ1) is 7.03. The third-order valence-electron chi connectivity index (χ3n) is 3.96. The van der Waals surface area contributed by atoms with Crippen LogP contribution in [0, 0.1) is 11.8 Å². The molecule has 15 heavy (non-hydrogen) atoms. The molecule has 3 atom stereocenters. The lowest BCUT2D eigenvalue weighted by molar-refractivity contribution is 0.00615. The molecule has 0 aromatic carbocycles. The Bertz CT molecular complexity index is 270. The van der Waals surface area contributed by atoms with Crippen molar-refractivity contribution in [2.75, 3.05) is 0 Å². The number of hydrogen-bond acceptors (Lipinski definition) is 2. The number of hydrogen-bond donors (Lipinski definition) is 0. The Balaban J connectivity index is 2.21. The van der Waals surface area contributed by atoms with Gasteiger partial charge in [0, 0.05) is 12.3 Å². The summed E-state index contributed by atoms with van der Waals surface area (Å²) < 4.78 is 6.00. The fourth-order valence-electron chi connectivity index (χ4n) is 3.03. The van der Waals surface area contributed by atoms with E-state index in [4.69, 9.17) is 9.73 Å². The van der Waals surface area contributed by atoms with Gasteiger partial charge in [-0.2, -0.15) is 0 Å². The highest BCUT2D eigenvalue weighted by atomic mass is 16.5. The van der Waals surface area contributed by atoms with Crippen LogP contribution in [-0.4, -0.2) is 17.5 Å². The van der Waals surface area contributed by atoms with Crippen molar-refractivity contribution in [3.05, 3.63) is 0 Å². The van der Waals surface area contributed by atoms with Crippen molar-refractivity contribution in [3.8, 4) is 0 Å². The van der Waals surface area contributed by atoms with Gasteiger partial charge in [-0.3, -0.25) is 0 Å². The average Bonchev–Trinajstić information content (AvgIpc) is 2.15. The van der Waals surface area contributed by atoms with Crippen LogP contribution in [0.5, 0.6) is 0 Å². The Kier molecular flexibility index (Phi) is 2.78. The average molecular weight is 209 g/mol. The van der Waals surface area contributed by atoms with Gasteiger partial charge in [0.05, 0.1) is 5.54 Å². The molecule has 0 N–H and O–H groups in total. The minimum Gasteiger partial charge on any atom is -0.477 e. The molecule has 1 heterocycles. The molecular formula is C13H23NO. The van der Waals surface area contributed by atoms with Crippen LogP contribution in [0.1, 0.15) is 53.4 Å². The van der Waals surface area contributed by atoms with Gasteiger partial charge in [-0.25, -0.2) is 4.99 Å². The first-order valence-electron chi connectivity index (χ1n) is 6.28. The zero-order valence-corrected chi connectivity index (χ0v) is 10.4. The van der Waals surface area contributed by atoms with Crippen molar-refractivity contribution in [1.29, 1.82) is 0 Å². The summed E-state index contributed by atoms with van der Waals surface area (Å²) in [7, 11) is 0. The molecule has 2 nitrogen and oxygen atoms in total. The molecule has 0 spiro atoms. The van der Waals surface area contributed by atoms with Crippen molar-refractivity contribution in [2.45, 2.75) is 65.0 Å². The largest absolute Gasteiger partial charge is 0.477 e. The fraction of sp³-hybridized carbons (Fsp3) is 0.923. The predicted molar refractivity (Wildman–Crippen MR) is 63.2 cm³/mol. The number of fused-ring (bicyclic) bond motifs is 1. The molecule has 1 aliphatic carbocycles.